The van der Waals surface area contributed by atoms with Crippen LogP contribution in [0.2, 0.25) is 0 Å². The molecule has 0 spiro atoms. The van der Waals surface area contributed by atoms with Crippen LogP contribution in [0.3, 0.4) is 0 Å². The van der Waals surface area contributed by atoms with Gasteiger partial charge in [-0.25, -0.2) is 0 Å². The first-order valence-corrected chi connectivity index (χ1v) is 10.3. The molecule has 1 atom stereocenters. The third-order valence-corrected chi connectivity index (χ3v) is 6.27. The molecule has 1 unspecified atom stereocenters. The van der Waals surface area contributed by atoms with Crippen LogP contribution in [0.15, 0.2) is 71.7 Å². The summed E-state index contributed by atoms with van der Waals surface area (Å²) in [7, 11) is -3.52. The molecule has 5 nitrogen and oxygen atoms in total. The van der Waals surface area contributed by atoms with Crippen molar-refractivity contribution in [1.82, 2.24) is 0 Å². The van der Waals surface area contributed by atoms with E-state index >= 15 is 0 Å². The largest absolute Gasteiger partial charge is 0.398 e. The molecule has 2 aromatic rings. The van der Waals surface area contributed by atoms with Crippen molar-refractivity contribution in [2.45, 2.75) is 26.8 Å². The molecule has 0 aromatic heterocycles. The van der Waals surface area contributed by atoms with Gasteiger partial charge in [-0.15, -0.1) is 0 Å². The molecule has 3 rings (SSSR count). The zero-order chi connectivity index (χ0) is 18.6. The first-order valence-electron chi connectivity index (χ1n) is 8.78. The maximum Gasteiger partial charge on any atom is 0.398 e. The van der Waals surface area contributed by atoms with Crippen molar-refractivity contribution in [1.29, 1.82) is 0 Å². The van der Waals surface area contributed by atoms with Crippen LogP contribution in [0, 0.1) is 0 Å². The first-order chi connectivity index (χ1) is 12.6. The fourth-order valence-corrected chi connectivity index (χ4v) is 4.80. The van der Waals surface area contributed by atoms with Gasteiger partial charge in [0.2, 0.25) is 5.50 Å². The molecule has 2 aromatic carbocycles. The van der Waals surface area contributed by atoms with Gasteiger partial charge in [-0.05, 0) is 38.5 Å². The lowest BCUT2D eigenvalue weighted by molar-refractivity contribution is 0.170. The SMILES string of the molecule is CCOP(=O)(OCC)C1=C(C)C(c2ccccc2)N(c2ccccc2)O1. The van der Waals surface area contributed by atoms with E-state index in [1.54, 1.807) is 18.9 Å². The van der Waals surface area contributed by atoms with E-state index in [1.807, 2.05) is 67.6 Å². The Morgan fingerprint density at radius 1 is 0.962 bits per heavy atom. The second-order valence-electron chi connectivity index (χ2n) is 5.89. The summed E-state index contributed by atoms with van der Waals surface area (Å²) < 4.78 is 24.4. The predicted molar refractivity (Wildman–Crippen MR) is 103 cm³/mol. The molecule has 1 aliphatic heterocycles. The minimum atomic E-state index is -3.52. The first kappa shape index (κ1) is 18.7. The van der Waals surface area contributed by atoms with Gasteiger partial charge in [-0.3, -0.25) is 4.57 Å². The lowest BCUT2D eigenvalue weighted by Gasteiger charge is -2.26. The average Bonchev–Trinajstić information content (AvgIpc) is 3.01. The second kappa shape index (κ2) is 8.09. The Bertz CT molecular complexity index is 797. The third-order valence-electron chi connectivity index (χ3n) is 4.14. The van der Waals surface area contributed by atoms with Gasteiger partial charge in [0.25, 0.3) is 0 Å². The Kier molecular flexibility index (Phi) is 5.82. The van der Waals surface area contributed by atoms with Crippen molar-refractivity contribution < 1.29 is 18.5 Å². The van der Waals surface area contributed by atoms with E-state index in [-0.39, 0.29) is 24.8 Å². The minimum Gasteiger partial charge on any atom is -0.370 e. The fourth-order valence-electron chi connectivity index (χ4n) is 3.07. The lowest BCUT2D eigenvalue weighted by Crippen LogP contribution is -2.23. The molecule has 0 radical (unpaired) electrons. The molecular weight excluding hydrogens is 349 g/mol. The maximum atomic E-state index is 13.3. The van der Waals surface area contributed by atoms with Crippen LogP contribution in [0.25, 0.3) is 0 Å². The van der Waals surface area contributed by atoms with Gasteiger partial charge in [0.15, 0.2) is 0 Å². The van der Waals surface area contributed by atoms with Crippen molar-refractivity contribution in [2.24, 2.45) is 0 Å². The van der Waals surface area contributed by atoms with Crippen LogP contribution in [-0.4, -0.2) is 13.2 Å². The molecule has 1 heterocycles. The zero-order valence-electron chi connectivity index (χ0n) is 15.3. The molecule has 138 valence electrons. The Morgan fingerprint density at radius 2 is 1.50 bits per heavy atom. The lowest BCUT2D eigenvalue weighted by atomic mass is 10.0. The van der Waals surface area contributed by atoms with Gasteiger partial charge in [0, 0.05) is 5.57 Å². The summed E-state index contributed by atoms with van der Waals surface area (Å²) in [6.45, 7) is 6.05. The molecule has 0 fully saturated rings. The van der Waals surface area contributed by atoms with Crippen LogP contribution >= 0.6 is 7.60 Å². The highest BCUT2D eigenvalue weighted by molar-refractivity contribution is 7.58. The van der Waals surface area contributed by atoms with Gasteiger partial charge in [-0.1, -0.05) is 48.5 Å². The van der Waals surface area contributed by atoms with Crippen molar-refractivity contribution in [2.75, 3.05) is 18.3 Å². The molecule has 6 heteroatoms. The quantitative estimate of drug-likeness (QED) is 0.585. The molecule has 0 N–H and O–H groups in total. The average molecular weight is 373 g/mol. The number of hydrogen-bond acceptors (Lipinski definition) is 5. The number of hydrogen-bond donors (Lipinski definition) is 0. The van der Waals surface area contributed by atoms with Gasteiger partial charge in [0.1, 0.15) is 6.04 Å². The minimum absolute atomic E-state index is 0.206. The normalized spacial score (nSPS) is 17.5. The van der Waals surface area contributed by atoms with Gasteiger partial charge in [0.05, 0.1) is 18.9 Å². The number of nitrogens with zero attached hydrogens (tertiary/aromatic N) is 1. The molecule has 0 aliphatic carbocycles. The summed E-state index contributed by atoms with van der Waals surface area (Å²) in [6.07, 6.45) is 0. The molecule has 26 heavy (non-hydrogen) atoms. The van der Waals surface area contributed by atoms with Crippen LogP contribution in [-0.2, 0) is 18.5 Å². The van der Waals surface area contributed by atoms with E-state index in [0.717, 1.165) is 16.8 Å². The molecule has 0 amide bonds. The van der Waals surface area contributed by atoms with Crippen LogP contribution in [0.4, 0.5) is 5.69 Å². The summed E-state index contributed by atoms with van der Waals surface area (Å²) in [5, 5.41) is 1.77. The Hall–Kier alpha value is -2.07. The highest BCUT2D eigenvalue weighted by Crippen LogP contribution is 2.62. The Balaban J connectivity index is 2.08. The molecule has 0 saturated heterocycles. The zero-order valence-corrected chi connectivity index (χ0v) is 16.2. The van der Waals surface area contributed by atoms with Gasteiger partial charge in [-0.2, -0.15) is 5.06 Å². The van der Waals surface area contributed by atoms with Crippen LogP contribution < -0.4 is 5.06 Å². The summed E-state index contributed by atoms with van der Waals surface area (Å²) in [5.41, 5.74) is 3.02. The van der Waals surface area contributed by atoms with Crippen molar-refractivity contribution in [3.63, 3.8) is 0 Å². The van der Waals surface area contributed by atoms with E-state index in [4.69, 9.17) is 13.9 Å². The van der Waals surface area contributed by atoms with Gasteiger partial charge < -0.3 is 13.9 Å². The number of para-hydroxylation sites is 1. The van der Waals surface area contributed by atoms with Crippen molar-refractivity contribution in [3.8, 4) is 0 Å². The number of rotatable bonds is 7. The predicted octanol–water partition coefficient (Wildman–Crippen LogP) is 5.68. The highest BCUT2D eigenvalue weighted by Gasteiger charge is 2.44. The molecular formula is C20H24NO4P. The summed E-state index contributed by atoms with van der Waals surface area (Å²) in [6, 6.07) is 19.5. The standard InChI is InChI=1S/C20H24NO4P/c1-4-23-26(22,24-5-2)20-16(3)19(17-12-8-6-9-13-17)21(25-20)18-14-10-7-11-15-18/h6-15,19H,4-5H2,1-3H3. The van der Waals surface area contributed by atoms with Crippen LogP contribution in [0.1, 0.15) is 32.4 Å². The second-order valence-corrected chi connectivity index (χ2v) is 7.80. The van der Waals surface area contributed by atoms with Crippen LogP contribution in [0.5, 0.6) is 0 Å². The monoisotopic (exact) mass is 373 g/mol. The van der Waals surface area contributed by atoms with Gasteiger partial charge >= 0.3 is 7.60 Å². The summed E-state index contributed by atoms with van der Waals surface area (Å²) in [4.78, 5) is 6.10. The highest BCUT2D eigenvalue weighted by atomic mass is 31.2. The topological polar surface area (TPSA) is 48.0 Å². The smallest absolute Gasteiger partial charge is 0.370 e. The molecule has 0 saturated carbocycles. The molecule has 1 aliphatic rings. The van der Waals surface area contributed by atoms with Crippen molar-refractivity contribution >= 4 is 13.3 Å². The summed E-state index contributed by atoms with van der Waals surface area (Å²) in [5.74, 6) is 0. The number of hydroxylamine groups is 1. The number of benzene rings is 2. The Labute approximate surface area is 154 Å². The van der Waals surface area contributed by atoms with E-state index in [2.05, 4.69) is 0 Å². The maximum absolute atomic E-state index is 13.3. The third kappa shape index (κ3) is 3.56. The Morgan fingerprint density at radius 3 is 2.04 bits per heavy atom. The van der Waals surface area contributed by atoms with E-state index in [1.165, 1.54) is 0 Å². The summed E-state index contributed by atoms with van der Waals surface area (Å²) >= 11 is 0. The van der Waals surface area contributed by atoms with E-state index in [0.29, 0.717) is 0 Å². The number of anilines is 1. The fraction of sp³-hybridized carbons (Fsp3) is 0.300. The van der Waals surface area contributed by atoms with E-state index < -0.39 is 7.60 Å². The molecule has 0 bridgehead atoms. The van der Waals surface area contributed by atoms with E-state index in [9.17, 15) is 4.57 Å². The van der Waals surface area contributed by atoms with Crippen molar-refractivity contribution in [3.05, 3.63) is 77.3 Å².